The highest BCUT2D eigenvalue weighted by Gasteiger charge is 2.14. The Balaban J connectivity index is 1.76. The first-order chi connectivity index (χ1) is 14.2. The van der Waals surface area contributed by atoms with Crippen LogP contribution in [0.1, 0.15) is 0 Å². The molecule has 0 amide bonds. The third-order valence-electron chi connectivity index (χ3n) is 3.42. The Morgan fingerprint density at radius 3 is 2.17 bits per heavy atom. The Bertz CT molecular complexity index is 1150. The van der Waals surface area contributed by atoms with Crippen molar-refractivity contribution in [2.75, 3.05) is 16.4 Å². The molecule has 0 spiro atoms. The van der Waals surface area contributed by atoms with Gasteiger partial charge in [-0.1, -0.05) is 5.04 Å². The van der Waals surface area contributed by atoms with Crippen LogP contribution >= 0.6 is 23.6 Å². The van der Waals surface area contributed by atoms with Gasteiger partial charge in [0.1, 0.15) is 4.90 Å². The lowest BCUT2D eigenvalue weighted by Crippen LogP contribution is -2.06. The van der Waals surface area contributed by atoms with E-state index in [2.05, 4.69) is 35.0 Å². The molecule has 1 aromatic heterocycles. The molecule has 158 valence electrons. The topological polar surface area (TPSA) is 182 Å². The standard InChI is InChI=1S/C15H13ClN6O6S2/c16-13-20-14(18-8-1-4-10(5-2-8)29-28-27-23)22-15(21-13)19-9-3-6-12(11(17)7-9)30(24,25)26/h1-7,23H,17H2,(H,24,25,26)(H2,18,19,20,21,22). The minimum atomic E-state index is -4.43. The van der Waals surface area contributed by atoms with Gasteiger partial charge in [-0.25, -0.2) is 5.26 Å². The van der Waals surface area contributed by atoms with Crippen LogP contribution in [0, 0.1) is 0 Å². The average Bonchev–Trinajstić information content (AvgIpc) is 2.66. The Morgan fingerprint density at radius 1 is 1.00 bits per heavy atom. The number of hydrogen-bond acceptors (Lipinski definition) is 12. The summed E-state index contributed by atoms with van der Waals surface area (Å²) in [5.41, 5.74) is 6.49. The fraction of sp³-hybridized carbons (Fsp3) is 0. The third-order valence-corrected chi connectivity index (χ3v) is 5.11. The summed E-state index contributed by atoms with van der Waals surface area (Å²) in [6.07, 6.45) is 0. The van der Waals surface area contributed by atoms with Gasteiger partial charge < -0.3 is 16.4 Å². The molecule has 6 N–H and O–H groups in total. The minimum absolute atomic E-state index is 0.0668. The SMILES string of the molecule is Nc1cc(Nc2nc(Cl)nc(Nc3ccc(SOOO)cc3)n2)ccc1S(=O)(=O)O. The number of halogens is 1. The van der Waals surface area contributed by atoms with Gasteiger partial charge in [0.05, 0.1) is 17.7 Å². The molecule has 0 bridgehead atoms. The quantitative estimate of drug-likeness (QED) is 0.106. The van der Waals surface area contributed by atoms with Crippen LogP contribution in [0.15, 0.2) is 52.3 Å². The fourth-order valence-corrected chi connectivity index (χ4v) is 3.34. The summed E-state index contributed by atoms with van der Waals surface area (Å²) in [7, 11) is -4.43. The van der Waals surface area contributed by atoms with E-state index in [9.17, 15) is 8.42 Å². The van der Waals surface area contributed by atoms with Crippen LogP contribution < -0.4 is 16.4 Å². The molecular formula is C15H13ClN6O6S2. The zero-order chi connectivity index (χ0) is 21.7. The normalized spacial score (nSPS) is 11.3. The van der Waals surface area contributed by atoms with Gasteiger partial charge in [-0.3, -0.25) is 4.55 Å². The van der Waals surface area contributed by atoms with E-state index in [1.165, 1.54) is 12.1 Å². The van der Waals surface area contributed by atoms with Crippen molar-refractivity contribution in [2.45, 2.75) is 9.79 Å². The Morgan fingerprint density at radius 2 is 1.60 bits per heavy atom. The Hall–Kier alpha value is -2.72. The average molecular weight is 473 g/mol. The second kappa shape index (κ2) is 9.40. The van der Waals surface area contributed by atoms with Crippen molar-refractivity contribution in [3.05, 3.63) is 47.7 Å². The summed E-state index contributed by atoms with van der Waals surface area (Å²) in [5.74, 6) is 0.201. The number of rotatable bonds is 8. The number of nitrogens with zero attached hydrogens (tertiary/aromatic N) is 3. The molecule has 0 fully saturated rings. The minimum Gasteiger partial charge on any atom is -0.398 e. The monoisotopic (exact) mass is 472 g/mol. The van der Waals surface area contributed by atoms with E-state index in [-0.39, 0.29) is 22.9 Å². The zero-order valence-corrected chi connectivity index (χ0v) is 17.1. The van der Waals surface area contributed by atoms with Crippen molar-refractivity contribution in [1.29, 1.82) is 0 Å². The first-order valence-electron chi connectivity index (χ1n) is 7.82. The molecule has 2 aromatic carbocycles. The lowest BCUT2D eigenvalue weighted by molar-refractivity contribution is -0.432. The third kappa shape index (κ3) is 5.90. The molecule has 0 unspecified atom stereocenters. The molecule has 3 rings (SSSR count). The number of anilines is 5. The van der Waals surface area contributed by atoms with Gasteiger partial charge >= 0.3 is 0 Å². The lowest BCUT2D eigenvalue weighted by Gasteiger charge is -2.10. The number of nitrogens with one attached hydrogen (secondary N) is 2. The van der Waals surface area contributed by atoms with E-state index in [0.717, 1.165) is 18.1 Å². The maximum atomic E-state index is 11.2. The highest BCUT2D eigenvalue weighted by molar-refractivity contribution is 7.94. The molecule has 30 heavy (non-hydrogen) atoms. The van der Waals surface area contributed by atoms with Gasteiger partial charge in [-0.15, -0.1) is 4.33 Å². The molecule has 0 atom stereocenters. The first-order valence-corrected chi connectivity index (χ1v) is 10.4. The molecule has 0 saturated carbocycles. The van der Waals surface area contributed by atoms with E-state index in [1.54, 1.807) is 24.3 Å². The van der Waals surface area contributed by atoms with Crippen LogP contribution in [0.3, 0.4) is 0 Å². The Labute approximate surface area is 179 Å². The number of nitrogens with two attached hydrogens (primary N) is 1. The molecule has 0 aliphatic rings. The molecule has 0 aliphatic heterocycles. The number of aromatic nitrogens is 3. The summed E-state index contributed by atoms with van der Waals surface area (Å²) in [5, 5.41) is 17.3. The first kappa shape index (κ1) is 22.0. The molecule has 1 heterocycles. The van der Waals surface area contributed by atoms with E-state index >= 15 is 0 Å². The van der Waals surface area contributed by atoms with Gasteiger partial charge in [0, 0.05) is 16.3 Å². The molecular weight excluding hydrogens is 460 g/mol. The van der Waals surface area contributed by atoms with Crippen LogP contribution in [0.5, 0.6) is 0 Å². The van der Waals surface area contributed by atoms with Crippen molar-refractivity contribution in [2.24, 2.45) is 0 Å². The zero-order valence-electron chi connectivity index (χ0n) is 14.7. The Kier molecular flexibility index (Phi) is 6.88. The van der Waals surface area contributed by atoms with Crippen LogP contribution in [0.25, 0.3) is 0 Å². The predicted molar refractivity (Wildman–Crippen MR) is 109 cm³/mol. The van der Waals surface area contributed by atoms with Gasteiger partial charge in [0.2, 0.25) is 17.2 Å². The van der Waals surface area contributed by atoms with Crippen LogP contribution in [-0.4, -0.2) is 33.2 Å². The number of benzene rings is 2. The van der Waals surface area contributed by atoms with Crippen LogP contribution in [-0.2, 0) is 19.5 Å². The summed E-state index contributed by atoms with van der Waals surface area (Å²) in [6, 6.07) is 10.6. The van der Waals surface area contributed by atoms with E-state index < -0.39 is 15.0 Å². The predicted octanol–water partition coefficient (Wildman–Crippen LogP) is 3.27. The fourth-order valence-electron chi connectivity index (χ4n) is 2.23. The maximum Gasteiger partial charge on any atom is 0.296 e. The lowest BCUT2D eigenvalue weighted by atomic mass is 10.3. The van der Waals surface area contributed by atoms with Crippen molar-refractivity contribution < 1.29 is 27.6 Å². The van der Waals surface area contributed by atoms with Gasteiger partial charge in [0.15, 0.2) is 0 Å². The summed E-state index contributed by atoms with van der Waals surface area (Å²) < 4.78 is 35.9. The molecule has 12 nitrogen and oxygen atoms in total. The second-order valence-corrected chi connectivity index (χ2v) is 7.98. The summed E-state index contributed by atoms with van der Waals surface area (Å²) >= 11 is 6.75. The summed E-state index contributed by atoms with van der Waals surface area (Å²) in [4.78, 5) is 12.3. The second-order valence-electron chi connectivity index (χ2n) is 5.48. The van der Waals surface area contributed by atoms with Crippen LogP contribution in [0.4, 0.5) is 29.0 Å². The molecule has 15 heteroatoms. The highest BCUT2D eigenvalue weighted by atomic mass is 35.5. The maximum absolute atomic E-state index is 11.2. The smallest absolute Gasteiger partial charge is 0.296 e. The number of hydrogen-bond donors (Lipinski definition) is 5. The summed E-state index contributed by atoms with van der Waals surface area (Å²) in [6.45, 7) is 0. The van der Waals surface area contributed by atoms with Gasteiger partial charge in [-0.05, 0) is 54.1 Å². The van der Waals surface area contributed by atoms with Crippen molar-refractivity contribution in [3.63, 3.8) is 0 Å². The van der Waals surface area contributed by atoms with E-state index in [1.807, 2.05) is 0 Å². The van der Waals surface area contributed by atoms with Crippen molar-refractivity contribution in [1.82, 2.24) is 15.0 Å². The largest absolute Gasteiger partial charge is 0.398 e. The van der Waals surface area contributed by atoms with Crippen molar-refractivity contribution >= 4 is 62.7 Å². The molecule has 0 aliphatic carbocycles. The molecule has 0 saturated heterocycles. The van der Waals surface area contributed by atoms with E-state index in [0.29, 0.717) is 16.3 Å². The highest BCUT2D eigenvalue weighted by Crippen LogP contribution is 2.25. The van der Waals surface area contributed by atoms with E-state index in [4.69, 9.17) is 27.1 Å². The molecule has 3 aromatic rings. The van der Waals surface area contributed by atoms with Crippen molar-refractivity contribution in [3.8, 4) is 0 Å². The van der Waals surface area contributed by atoms with Gasteiger partial charge in [-0.2, -0.15) is 23.4 Å². The molecule has 0 radical (unpaired) electrons. The van der Waals surface area contributed by atoms with Crippen LogP contribution in [0.2, 0.25) is 5.28 Å². The number of nitrogen functional groups attached to an aromatic ring is 1. The van der Waals surface area contributed by atoms with Gasteiger partial charge in [0.25, 0.3) is 10.1 Å².